The number of nitrogens with one attached hydrogen (secondary N) is 3. The summed E-state index contributed by atoms with van der Waals surface area (Å²) in [4.78, 5) is 140. The van der Waals surface area contributed by atoms with Gasteiger partial charge in [-0.1, -0.05) is 158 Å². The summed E-state index contributed by atoms with van der Waals surface area (Å²) in [6.45, 7) is 17.3. The second-order valence-corrected chi connectivity index (χ2v) is 35.2. The third-order valence-electron chi connectivity index (χ3n) is 23.6. The molecule has 7 aliphatic rings. The summed E-state index contributed by atoms with van der Waals surface area (Å²) < 4.78 is 13.7. The highest BCUT2D eigenvalue weighted by Crippen LogP contribution is 2.40. The molecule has 0 bridgehead atoms. The molecule has 2 aromatic heterocycles. The number of aromatic nitrogens is 2. The first kappa shape index (κ1) is 78.5. The van der Waals surface area contributed by atoms with Crippen LogP contribution in [0.4, 0.5) is 0 Å². The second-order valence-electron chi connectivity index (χ2n) is 32.3. The number of thiocarbonyl (C=S) groups is 1. The Labute approximate surface area is 679 Å². The number of likely N-dealkylation sites (tertiary alicyclic amines) is 3. The fourth-order valence-electron chi connectivity index (χ4n) is 17.8. The van der Waals surface area contributed by atoms with Gasteiger partial charge in [-0.15, -0.1) is 22.7 Å². The van der Waals surface area contributed by atoms with Crippen LogP contribution < -0.4 is 25.4 Å². The SMILES string of the molecule is Cc1ncsc1-c1ccc(CNC(=O)[C@@H]2C[C@@H](S)CN2C(=O)[C@H](C(C)C)N2Cc3cc(O[C@@H]4C[C@@H](C(=S)NCc5ccc(-c6scnc6C)cc5)N(C(=O)[C@H](C(C)C)N5Cc6cc(O[C@@H]7C[C@@H](C(=O)NCc8ccc(C9CCCC9)cc8)N(C(=O)[C@H](C(C)C)N8Cc9ccccc9C8=O)C7)ccc6C5=O)C4)ccc3C2=O)cc1. The van der Waals surface area contributed by atoms with E-state index < -0.39 is 48.5 Å². The van der Waals surface area contributed by atoms with E-state index in [0.717, 1.165) is 54.5 Å². The Morgan fingerprint density at radius 2 is 0.894 bits per heavy atom. The van der Waals surface area contributed by atoms with Crippen LogP contribution in [0.5, 0.6) is 11.5 Å². The zero-order valence-electron chi connectivity index (χ0n) is 65.0. The average molecular weight is 1600 g/mol. The molecule has 21 nitrogen and oxygen atoms in total. The number of rotatable bonds is 25. The first-order valence-electron chi connectivity index (χ1n) is 39.5. The van der Waals surface area contributed by atoms with E-state index in [1.54, 1.807) is 82.4 Å². The van der Waals surface area contributed by atoms with Gasteiger partial charge in [-0.25, -0.2) is 9.97 Å². The third kappa shape index (κ3) is 16.3. The number of hydrogen-bond donors (Lipinski definition) is 4. The van der Waals surface area contributed by atoms with Gasteiger partial charge in [0.2, 0.25) is 29.5 Å². The van der Waals surface area contributed by atoms with E-state index in [-0.39, 0.29) is 129 Å². The van der Waals surface area contributed by atoms with Gasteiger partial charge in [-0.2, -0.15) is 12.6 Å². The number of thiol groups is 1. The first-order chi connectivity index (χ1) is 54.4. The minimum absolute atomic E-state index is 0.0645. The predicted molar refractivity (Wildman–Crippen MR) is 442 cm³/mol. The summed E-state index contributed by atoms with van der Waals surface area (Å²) in [6, 6.07) is 37.5. The largest absolute Gasteiger partial charge is 0.488 e. The van der Waals surface area contributed by atoms with Crippen LogP contribution in [-0.2, 0) is 63.2 Å². The summed E-state index contributed by atoms with van der Waals surface area (Å²) in [5.41, 5.74) is 15.4. The van der Waals surface area contributed by atoms with E-state index in [4.69, 9.17) is 34.3 Å². The molecule has 6 aromatic carbocycles. The molecule has 1 aliphatic carbocycles. The number of aryl methyl sites for hydroxylation is 2. The van der Waals surface area contributed by atoms with Gasteiger partial charge in [0.15, 0.2) is 0 Å². The number of carbonyl (C=O) groups excluding carboxylic acids is 8. The lowest BCUT2D eigenvalue weighted by molar-refractivity contribution is -0.143. The van der Waals surface area contributed by atoms with Crippen molar-refractivity contribution in [2.45, 2.75) is 199 Å². The number of ether oxygens (including phenoxy) is 2. The normalized spacial score (nSPS) is 20.9. The smallest absolute Gasteiger partial charge is 0.255 e. The summed E-state index contributed by atoms with van der Waals surface area (Å²) >= 11 is 14.2. The Balaban J connectivity index is 0.635. The average Bonchev–Trinajstić information content (AvgIpc) is 1.62. The van der Waals surface area contributed by atoms with Gasteiger partial charge in [-0.3, -0.25) is 38.4 Å². The zero-order valence-corrected chi connectivity index (χ0v) is 68.4. The monoisotopic (exact) mass is 1600 g/mol. The van der Waals surface area contributed by atoms with Crippen LogP contribution in [0.2, 0.25) is 0 Å². The fraction of sp³-hybridized carbons (Fsp3) is 0.420. The third-order valence-corrected chi connectivity index (χ3v) is 26.4. The van der Waals surface area contributed by atoms with Gasteiger partial charge in [0.05, 0.1) is 56.3 Å². The highest BCUT2D eigenvalue weighted by atomic mass is 32.1. The molecule has 3 saturated heterocycles. The maximum Gasteiger partial charge on any atom is 0.255 e. The van der Waals surface area contributed by atoms with Crippen LogP contribution in [0.1, 0.15) is 174 Å². The van der Waals surface area contributed by atoms with E-state index in [1.807, 2.05) is 133 Å². The minimum atomic E-state index is -0.950. The van der Waals surface area contributed by atoms with Crippen LogP contribution in [-0.4, -0.2) is 165 Å². The number of fused-ring (bicyclic) bond motifs is 3. The second kappa shape index (κ2) is 33.3. The van der Waals surface area contributed by atoms with Gasteiger partial charge in [0.25, 0.3) is 17.7 Å². The van der Waals surface area contributed by atoms with Gasteiger partial charge in [0, 0.05) is 80.6 Å². The molecule has 8 heterocycles. The molecular weight excluding hydrogens is 1500 g/mol. The molecule has 588 valence electrons. The predicted octanol–water partition coefficient (Wildman–Crippen LogP) is 12.9. The van der Waals surface area contributed by atoms with Crippen molar-refractivity contribution < 1.29 is 47.8 Å². The molecule has 9 atom stereocenters. The summed E-state index contributed by atoms with van der Waals surface area (Å²) in [7, 11) is 0. The van der Waals surface area contributed by atoms with Crippen LogP contribution in [0.3, 0.4) is 0 Å². The molecule has 8 amide bonds. The molecule has 1 saturated carbocycles. The maximum atomic E-state index is 15.8. The number of amides is 8. The van der Waals surface area contributed by atoms with Crippen molar-refractivity contribution in [3.05, 3.63) is 212 Å². The number of benzene rings is 6. The minimum Gasteiger partial charge on any atom is -0.488 e. The highest BCUT2D eigenvalue weighted by Gasteiger charge is 2.51. The van der Waals surface area contributed by atoms with E-state index >= 15 is 9.59 Å². The highest BCUT2D eigenvalue weighted by molar-refractivity contribution is 7.81. The lowest BCUT2D eigenvalue weighted by Crippen LogP contribution is -2.55. The molecule has 25 heteroatoms. The Hall–Kier alpha value is -9.82. The van der Waals surface area contributed by atoms with Crippen LogP contribution >= 0.6 is 47.5 Å². The Morgan fingerprint density at radius 3 is 1.34 bits per heavy atom. The topological polar surface area (TPSA) is 236 Å². The van der Waals surface area contributed by atoms with Crippen molar-refractivity contribution in [2.75, 3.05) is 19.6 Å². The molecule has 15 rings (SSSR count). The Kier molecular flexibility index (Phi) is 23.1. The molecule has 6 aliphatic heterocycles. The van der Waals surface area contributed by atoms with E-state index in [9.17, 15) is 28.8 Å². The van der Waals surface area contributed by atoms with Gasteiger partial charge < -0.3 is 54.8 Å². The van der Waals surface area contributed by atoms with Gasteiger partial charge in [-0.05, 0) is 149 Å². The van der Waals surface area contributed by atoms with Crippen molar-refractivity contribution in [3.8, 4) is 32.4 Å². The van der Waals surface area contributed by atoms with Gasteiger partial charge >= 0.3 is 0 Å². The maximum absolute atomic E-state index is 15.8. The summed E-state index contributed by atoms with van der Waals surface area (Å²) in [5.74, 6) is -1.98. The molecule has 0 spiro atoms. The zero-order chi connectivity index (χ0) is 79.2. The molecular formula is C88H97N11O10S4. The Bertz CT molecular complexity index is 4960. The van der Waals surface area contributed by atoms with E-state index in [2.05, 4.69) is 62.3 Å². The fourth-order valence-corrected chi connectivity index (χ4v) is 20.1. The molecule has 0 radical (unpaired) electrons. The Morgan fingerprint density at radius 1 is 0.496 bits per heavy atom. The van der Waals surface area contributed by atoms with E-state index in [0.29, 0.717) is 69.6 Å². The number of hydrogen-bond acceptors (Lipinski definition) is 16. The van der Waals surface area contributed by atoms with Crippen LogP contribution in [0.15, 0.2) is 144 Å². The quantitative estimate of drug-likeness (QED) is 0.0308. The van der Waals surface area contributed by atoms with Crippen molar-refractivity contribution in [1.82, 2.24) is 55.3 Å². The molecule has 3 N–H and O–H groups in total. The summed E-state index contributed by atoms with van der Waals surface area (Å²) in [6.07, 6.45) is 4.40. The number of carbonyl (C=O) groups is 8. The van der Waals surface area contributed by atoms with Crippen molar-refractivity contribution >= 4 is 99.8 Å². The standard InChI is InChI=1S/C88H97N11O10S4/c1-49(2)75(97-41-61-15-11-12-16-69(61)83(97)102)86(105)94-44-66(35-72(94)80(100)89-38-54-17-23-58(24-18-54)57-13-9-10-14-57)108-64-29-31-70-62(33-64)42-98(84(70)103)76(50(3)4)87(106)95-45-67(36-74(95)82(111)91-40-56-21-27-60(28-22-56)79-53(8)93-48-113-79)109-65-30-32-71-63(34-65)43-99(85(71)104)77(51(5)6)88(107)96-46-68(110)37-73(96)81(101)90-39-55-19-25-59(26-20-55)78-52(7)92-47-112-78/h11-12,15-34,47-51,57,66-68,72-77,110H,9-10,13-14,35-46H2,1-8H3,(H,89,100)(H,90,101)(H,91,111)/t66-,67-,68-,72+,73+,74+,75+,76+,77+/m1/s1. The van der Waals surface area contributed by atoms with Crippen molar-refractivity contribution in [3.63, 3.8) is 0 Å². The number of thiazole rings is 2. The number of nitrogens with zero attached hydrogens (tertiary/aromatic N) is 8. The summed E-state index contributed by atoms with van der Waals surface area (Å²) in [5, 5.41) is 9.44. The van der Waals surface area contributed by atoms with Crippen molar-refractivity contribution in [1.29, 1.82) is 0 Å². The van der Waals surface area contributed by atoms with Crippen LogP contribution in [0.25, 0.3) is 20.9 Å². The first-order valence-corrected chi connectivity index (χ1v) is 42.2. The van der Waals surface area contributed by atoms with Crippen molar-refractivity contribution in [2.24, 2.45) is 17.8 Å². The van der Waals surface area contributed by atoms with Crippen LogP contribution in [0, 0.1) is 31.6 Å². The lowest BCUT2D eigenvalue weighted by Gasteiger charge is -2.35. The molecule has 4 fully saturated rings. The molecule has 8 aromatic rings. The van der Waals surface area contributed by atoms with Gasteiger partial charge in [0.1, 0.15) is 53.9 Å². The molecule has 0 unspecified atom stereocenters. The van der Waals surface area contributed by atoms with E-state index in [1.165, 1.54) is 31.2 Å². The lowest BCUT2D eigenvalue weighted by atomic mass is 9.97. The molecule has 113 heavy (non-hydrogen) atoms.